The SMILES string of the molecule is CCCCOCCCNC(=O)C(C)(C)C(N)=NO. The first-order chi connectivity index (χ1) is 8.46. The van der Waals surface area contributed by atoms with Gasteiger partial charge in [-0.05, 0) is 26.7 Å². The molecule has 1 amide bonds. The van der Waals surface area contributed by atoms with E-state index in [1.165, 1.54) is 0 Å². The Bertz CT molecular complexity index is 278. The van der Waals surface area contributed by atoms with Gasteiger partial charge >= 0.3 is 0 Å². The fourth-order valence-corrected chi connectivity index (χ4v) is 1.19. The van der Waals surface area contributed by atoms with Crippen LogP contribution in [0.25, 0.3) is 0 Å². The molecule has 0 saturated heterocycles. The van der Waals surface area contributed by atoms with Crippen LogP contribution in [0.3, 0.4) is 0 Å². The van der Waals surface area contributed by atoms with Crippen LogP contribution in [-0.4, -0.2) is 36.7 Å². The van der Waals surface area contributed by atoms with Crippen LogP contribution in [0.4, 0.5) is 0 Å². The number of hydrogen-bond acceptors (Lipinski definition) is 4. The summed E-state index contributed by atoms with van der Waals surface area (Å²) in [4.78, 5) is 11.8. The van der Waals surface area contributed by atoms with E-state index in [1.807, 2.05) is 0 Å². The third-order valence-electron chi connectivity index (χ3n) is 2.71. The Morgan fingerprint density at radius 3 is 2.56 bits per heavy atom. The molecule has 6 nitrogen and oxygen atoms in total. The molecule has 0 radical (unpaired) electrons. The van der Waals surface area contributed by atoms with Gasteiger partial charge in [-0.25, -0.2) is 0 Å². The van der Waals surface area contributed by atoms with Gasteiger partial charge in [0.05, 0.1) is 0 Å². The van der Waals surface area contributed by atoms with Crippen LogP contribution in [0.5, 0.6) is 0 Å². The van der Waals surface area contributed by atoms with Crippen LogP contribution in [0.2, 0.25) is 0 Å². The lowest BCUT2D eigenvalue weighted by Crippen LogP contribution is -2.46. The normalized spacial score (nSPS) is 12.5. The second-order valence-corrected chi connectivity index (χ2v) is 4.69. The summed E-state index contributed by atoms with van der Waals surface area (Å²) in [6, 6.07) is 0. The minimum Gasteiger partial charge on any atom is -0.409 e. The molecule has 4 N–H and O–H groups in total. The van der Waals surface area contributed by atoms with Gasteiger partial charge in [-0.2, -0.15) is 0 Å². The van der Waals surface area contributed by atoms with Gasteiger partial charge < -0.3 is 21.0 Å². The standard InChI is InChI=1S/C12H25N3O3/c1-4-5-8-18-9-6-7-14-11(16)12(2,3)10(13)15-17/h17H,4-9H2,1-3H3,(H2,13,15)(H,14,16). The maximum atomic E-state index is 11.8. The Balaban J connectivity index is 3.77. The lowest BCUT2D eigenvalue weighted by molar-refractivity contribution is -0.126. The molecular formula is C12H25N3O3. The number of hydrogen-bond donors (Lipinski definition) is 3. The third kappa shape index (κ3) is 5.86. The van der Waals surface area contributed by atoms with Crippen molar-refractivity contribution in [2.45, 2.75) is 40.0 Å². The second-order valence-electron chi connectivity index (χ2n) is 4.69. The monoisotopic (exact) mass is 259 g/mol. The number of amides is 1. The lowest BCUT2D eigenvalue weighted by atomic mass is 9.91. The molecule has 0 aromatic heterocycles. The summed E-state index contributed by atoms with van der Waals surface area (Å²) in [5.74, 6) is -0.356. The van der Waals surface area contributed by atoms with Gasteiger partial charge in [0.15, 0.2) is 5.84 Å². The molecule has 0 heterocycles. The summed E-state index contributed by atoms with van der Waals surface area (Å²) in [5.41, 5.74) is 4.45. The van der Waals surface area contributed by atoms with Crippen molar-refractivity contribution in [3.8, 4) is 0 Å². The first-order valence-corrected chi connectivity index (χ1v) is 6.30. The van der Waals surface area contributed by atoms with Crippen molar-refractivity contribution in [1.82, 2.24) is 5.32 Å². The van der Waals surface area contributed by atoms with Gasteiger partial charge in [0, 0.05) is 19.8 Å². The molecule has 0 spiro atoms. The van der Waals surface area contributed by atoms with Gasteiger partial charge in [-0.15, -0.1) is 0 Å². The van der Waals surface area contributed by atoms with E-state index in [2.05, 4.69) is 17.4 Å². The molecule has 0 fully saturated rings. The average molecular weight is 259 g/mol. The summed E-state index contributed by atoms with van der Waals surface area (Å²) in [7, 11) is 0. The van der Waals surface area contributed by atoms with E-state index in [-0.39, 0.29) is 11.7 Å². The zero-order valence-electron chi connectivity index (χ0n) is 11.5. The topological polar surface area (TPSA) is 96.9 Å². The minimum absolute atomic E-state index is 0.0980. The van der Waals surface area contributed by atoms with E-state index < -0.39 is 5.41 Å². The van der Waals surface area contributed by atoms with E-state index in [4.69, 9.17) is 15.7 Å². The van der Waals surface area contributed by atoms with E-state index in [1.54, 1.807) is 13.8 Å². The molecule has 0 bridgehead atoms. The minimum atomic E-state index is -1.00. The van der Waals surface area contributed by atoms with Crippen LogP contribution >= 0.6 is 0 Å². The van der Waals surface area contributed by atoms with E-state index in [0.29, 0.717) is 13.2 Å². The van der Waals surface area contributed by atoms with Crippen molar-refractivity contribution in [3.05, 3.63) is 0 Å². The van der Waals surface area contributed by atoms with E-state index in [0.717, 1.165) is 25.9 Å². The van der Waals surface area contributed by atoms with Crippen molar-refractivity contribution in [2.75, 3.05) is 19.8 Å². The number of carbonyl (C=O) groups is 1. The Kier molecular flexibility index (Phi) is 8.11. The highest BCUT2D eigenvalue weighted by Crippen LogP contribution is 2.14. The van der Waals surface area contributed by atoms with Crippen molar-refractivity contribution in [3.63, 3.8) is 0 Å². The Hall–Kier alpha value is -1.30. The van der Waals surface area contributed by atoms with Gasteiger partial charge in [-0.3, -0.25) is 4.79 Å². The number of ether oxygens (including phenoxy) is 1. The molecule has 0 aromatic rings. The third-order valence-corrected chi connectivity index (χ3v) is 2.71. The van der Waals surface area contributed by atoms with Crippen LogP contribution in [-0.2, 0) is 9.53 Å². The number of nitrogens with one attached hydrogen (secondary N) is 1. The molecule has 0 aliphatic carbocycles. The van der Waals surface area contributed by atoms with Gasteiger partial charge in [0.1, 0.15) is 5.41 Å². The summed E-state index contributed by atoms with van der Waals surface area (Å²) >= 11 is 0. The smallest absolute Gasteiger partial charge is 0.233 e. The number of nitrogens with two attached hydrogens (primary N) is 1. The van der Waals surface area contributed by atoms with E-state index >= 15 is 0 Å². The predicted octanol–water partition coefficient (Wildman–Crippen LogP) is 1.08. The fourth-order valence-electron chi connectivity index (χ4n) is 1.19. The summed E-state index contributed by atoms with van der Waals surface area (Å²) in [6.45, 7) is 7.24. The molecule has 0 unspecified atom stereocenters. The maximum absolute atomic E-state index is 11.8. The number of unbranched alkanes of at least 4 members (excludes halogenated alkanes) is 1. The maximum Gasteiger partial charge on any atom is 0.233 e. The first kappa shape index (κ1) is 16.7. The van der Waals surface area contributed by atoms with Crippen molar-refractivity contribution >= 4 is 11.7 Å². The summed E-state index contributed by atoms with van der Waals surface area (Å²) in [6.07, 6.45) is 2.93. The summed E-state index contributed by atoms with van der Waals surface area (Å²) in [5, 5.41) is 14.2. The zero-order chi connectivity index (χ0) is 14.0. The van der Waals surface area contributed by atoms with Crippen LogP contribution in [0.15, 0.2) is 5.16 Å². The van der Waals surface area contributed by atoms with Crippen molar-refractivity contribution < 1.29 is 14.7 Å². The van der Waals surface area contributed by atoms with Crippen LogP contribution in [0.1, 0.15) is 40.0 Å². The molecule has 6 heteroatoms. The number of carbonyl (C=O) groups excluding carboxylic acids is 1. The first-order valence-electron chi connectivity index (χ1n) is 6.30. The number of oxime groups is 1. The average Bonchev–Trinajstić information content (AvgIpc) is 2.36. The molecule has 106 valence electrons. The highest BCUT2D eigenvalue weighted by atomic mass is 16.5. The van der Waals surface area contributed by atoms with Gasteiger partial charge in [0.25, 0.3) is 0 Å². The molecule has 0 rings (SSSR count). The fraction of sp³-hybridized carbons (Fsp3) is 0.833. The van der Waals surface area contributed by atoms with Crippen molar-refractivity contribution in [1.29, 1.82) is 0 Å². The molecule has 18 heavy (non-hydrogen) atoms. The van der Waals surface area contributed by atoms with Crippen LogP contribution in [0, 0.1) is 5.41 Å². The molecular weight excluding hydrogens is 234 g/mol. The van der Waals surface area contributed by atoms with Gasteiger partial charge in [-0.1, -0.05) is 18.5 Å². The van der Waals surface area contributed by atoms with Gasteiger partial charge in [0.2, 0.25) is 5.91 Å². The molecule has 0 aliphatic heterocycles. The van der Waals surface area contributed by atoms with E-state index in [9.17, 15) is 4.79 Å². The lowest BCUT2D eigenvalue weighted by Gasteiger charge is -2.21. The molecule has 0 saturated carbocycles. The number of rotatable bonds is 9. The second kappa shape index (κ2) is 8.74. The number of amidine groups is 1. The Morgan fingerprint density at radius 2 is 2.00 bits per heavy atom. The predicted molar refractivity (Wildman–Crippen MR) is 70.5 cm³/mol. The summed E-state index contributed by atoms with van der Waals surface area (Å²) < 4.78 is 5.37. The quantitative estimate of drug-likeness (QED) is 0.190. The largest absolute Gasteiger partial charge is 0.409 e. The Labute approximate surface area is 109 Å². The number of nitrogens with zero attached hydrogens (tertiary/aromatic N) is 1. The molecule has 0 atom stereocenters. The highest BCUT2D eigenvalue weighted by Gasteiger charge is 2.32. The molecule has 0 aliphatic rings. The highest BCUT2D eigenvalue weighted by molar-refractivity contribution is 6.05. The Morgan fingerprint density at radius 1 is 1.39 bits per heavy atom. The molecule has 0 aromatic carbocycles. The van der Waals surface area contributed by atoms with Crippen molar-refractivity contribution in [2.24, 2.45) is 16.3 Å². The zero-order valence-corrected chi connectivity index (χ0v) is 11.5. The van der Waals surface area contributed by atoms with Crippen LogP contribution < -0.4 is 11.1 Å².